The summed E-state index contributed by atoms with van der Waals surface area (Å²) in [6.07, 6.45) is 8.67. The van der Waals surface area contributed by atoms with Gasteiger partial charge in [0.1, 0.15) is 5.82 Å². The zero-order valence-corrected chi connectivity index (χ0v) is 42.4. The number of aromatic nitrogens is 4. The number of hydrogen-bond acceptors (Lipinski definition) is 2. The summed E-state index contributed by atoms with van der Waals surface area (Å²) in [5.74, 6) is 0.861. The van der Waals surface area contributed by atoms with E-state index in [2.05, 4.69) is 292 Å². The molecule has 0 spiro atoms. The van der Waals surface area contributed by atoms with E-state index >= 15 is 0 Å². The highest BCUT2D eigenvalue weighted by Crippen LogP contribution is 2.42. The third kappa shape index (κ3) is 6.85. The maximum absolute atomic E-state index is 5.38. The van der Waals surface area contributed by atoms with E-state index in [4.69, 9.17) is 4.98 Å². The Morgan fingerprint density at radius 1 is 0.333 bits per heavy atom. The van der Waals surface area contributed by atoms with Gasteiger partial charge in [-0.25, -0.2) is 4.98 Å². The highest BCUT2D eigenvalue weighted by molar-refractivity contribution is 6.17. The first kappa shape index (κ1) is 43.9. The first-order chi connectivity index (χ1) is 38.6. The Labute approximate surface area is 450 Å². The Balaban J connectivity index is 0.830. The molecular formula is C73H47N5. The number of pyridine rings is 1. The Bertz CT molecular complexity index is 5030. The molecule has 0 bridgehead atoms. The number of rotatable bonds is 6. The van der Waals surface area contributed by atoms with Crippen molar-refractivity contribution in [3.8, 4) is 28.3 Å². The van der Waals surface area contributed by atoms with Crippen LogP contribution in [0.25, 0.3) is 126 Å². The van der Waals surface area contributed by atoms with Gasteiger partial charge in [-0.2, -0.15) is 0 Å². The molecular weight excluding hydrogens is 947 g/mol. The fourth-order valence-electron chi connectivity index (χ4n) is 12.4. The molecule has 1 aliphatic rings. The van der Waals surface area contributed by atoms with Gasteiger partial charge >= 0.3 is 0 Å². The zero-order chi connectivity index (χ0) is 51.4. The van der Waals surface area contributed by atoms with Crippen LogP contribution in [0.2, 0.25) is 0 Å². The van der Waals surface area contributed by atoms with Gasteiger partial charge in [0.05, 0.1) is 50.7 Å². The van der Waals surface area contributed by atoms with Gasteiger partial charge in [0.25, 0.3) is 0 Å². The summed E-state index contributed by atoms with van der Waals surface area (Å²) in [7, 11) is 0. The fourth-order valence-corrected chi connectivity index (χ4v) is 12.4. The van der Waals surface area contributed by atoms with E-state index in [1.165, 1.54) is 76.0 Å². The van der Waals surface area contributed by atoms with Crippen molar-refractivity contribution < 1.29 is 0 Å². The minimum atomic E-state index is 0.861. The number of hydrogen-bond donors (Lipinski definition) is 0. The molecule has 1 aliphatic heterocycles. The van der Waals surface area contributed by atoms with Crippen LogP contribution >= 0.6 is 0 Å². The fraction of sp³-hybridized carbons (Fsp3) is 0. The van der Waals surface area contributed by atoms with E-state index in [9.17, 15) is 0 Å². The molecule has 15 aromatic rings. The average Bonchev–Trinajstić information content (AvgIpc) is 4.33. The second-order valence-electron chi connectivity index (χ2n) is 20.5. The number of benzene rings is 11. The zero-order valence-electron chi connectivity index (χ0n) is 42.4. The maximum atomic E-state index is 5.38. The van der Waals surface area contributed by atoms with E-state index in [-0.39, 0.29) is 0 Å². The van der Waals surface area contributed by atoms with Crippen LogP contribution in [0.4, 0.5) is 11.4 Å². The standard InChI is InChI=1S/C73H47N5/c1-47-38-55(36-37-75(56-20-4-2-5-21-56)66-26-14-12-24-59(47)66)54-29-33-69-62(43-54)64-39-48-16-8-10-18-50(48)44-71(64)77(69)58-31-35-73(74-46-58)78-70-34-30-53(42-63(70)65-40-49-17-9-11-19-51(49)45-72(65)78)52-28-32-68-61(41-52)60-25-13-15-27-67(60)76(68)57-22-6-3-7-23-57/h2-46H,1H2/b37-36-,55-38+. The van der Waals surface area contributed by atoms with Crippen LogP contribution in [0.15, 0.2) is 280 Å². The Morgan fingerprint density at radius 3 is 1.47 bits per heavy atom. The van der Waals surface area contributed by atoms with Crippen LogP contribution in [0.1, 0.15) is 11.1 Å². The molecule has 0 unspecified atom stereocenters. The van der Waals surface area contributed by atoms with Crippen LogP contribution in [-0.2, 0) is 0 Å². The van der Waals surface area contributed by atoms with Crippen molar-refractivity contribution in [3.63, 3.8) is 0 Å². The molecule has 0 N–H and O–H groups in total. The predicted molar refractivity (Wildman–Crippen MR) is 329 cm³/mol. The summed E-state index contributed by atoms with van der Waals surface area (Å²) in [5.41, 5.74) is 17.8. The SMILES string of the molecule is C=C1/C=C(c2ccc3c(c2)c2cc4ccccc4cc2n3-c2ccc(-n3c4ccc(-c5ccc6c(c5)c5ccccc5n6-c5ccccc5)cc4c4cc5ccccc5cc43)nc2)\C=C/N(c2ccccc2)c2ccccc21. The smallest absolute Gasteiger partial charge is 0.137 e. The molecule has 78 heavy (non-hydrogen) atoms. The summed E-state index contributed by atoms with van der Waals surface area (Å²) in [5, 5.41) is 12.0. The second kappa shape index (κ2) is 17.3. The number of fused-ring (bicyclic) bond motifs is 12. The lowest BCUT2D eigenvalue weighted by molar-refractivity contribution is 1.05. The van der Waals surface area contributed by atoms with Gasteiger partial charge in [0, 0.05) is 55.5 Å². The lowest BCUT2D eigenvalue weighted by Gasteiger charge is -2.26. The third-order valence-electron chi connectivity index (χ3n) is 16.1. The monoisotopic (exact) mass is 993 g/mol. The molecule has 0 fully saturated rings. The summed E-state index contributed by atoms with van der Waals surface area (Å²) >= 11 is 0. The normalized spacial score (nSPS) is 14.0. The molecule has 0 saturated heterocycles. The number of nitrogens with zero attached hydrogens (tertiary/aromatic N) is 5. The maximum Gasteiger partial charge on any atom is 0.137 e. The minimum Gasteiger partial charge on any atom is -0.317 e. The van der Waals surface area contributed by atoms with Gasteiger partial charge in [-0.1, -0.05) is 146 Å². The number of para-hydroxylation sites is 4. The van der Waals surface area contributed by atoms with E-state index in [0.29, 0.717) is 0 Å². The summed E-state index contributed by atoms with van der Waals surface area (Å²) < 4.78 is 7.10. The largest absolute Gasteiger partial charge is 0.317 e. The van der Waals surface area contributed by atoms with Crippen LogP contribution in [0.3, 0.4) is 0 Å². The Morgan fingerprint density at radius 2 is 0.821 bits per heavy atom. The molecule has 5 heterocycles. The van der Waals surface area contributed by atoms with Gasteiger partial charge in [-0.05, 0) is 171 Å². The average molecular weight is 994 g/mol. The molecule has 0 amide bonds. The molecule has 16 rings (SSSR count). The highest BCUT2D eigenvalue weighted by Gasteiger charge is 2.21. The van der Waals surface area contributed by atoms with Crippen LogP contribution in [0.5, 0.6) is 0 Å². The topological polar surface area (TPSA) is 30.9 Å². The van der Waals surface area contributed by atoms with Gasteiger partial charge < -0.3 is 14.0 Å². The molecule has 364 valence electrons. The van der Waals surface area contributed by atoms with Crippen molar-refractivity contribution in [1.82, 2.24) is 18.7 Å². The Hall–Kier alpha value is -10.5. The van der Waals surface area contributed by atoms with Gasteiger partial charge in [-0.3, -0.25) is 4.57 Å². The molecule has 11 aromatic carbocycles. The van der Waals surface area contributed by atoms with Gasteiger partial charge in [0.15, 0.2) is 0 Å². The molecule has 0 saturated carbocycles. The van der Waals surface area contributed by atoms with Gasteiger partial charge in [0.2, 0.25) is 0 Å². The van der Waals surface area contributed by atoms with Crippen molar-refractivity contribution in [1.29, 1.82) is 0 Å². The van der Waals surface area contributed by atoms with Crippen molar-refractivity contribution in [2.45, 2.75) is 0 Å². The van der Waals surface area contributed by atoms with Gasteiger partial charge in [-0.15, -0.1) is 0 Å². The summed E-state index contributed by atoms with van der Waals surface area (Å²) in [4.78, 5) is 7.64. The Kier molecular flexibility index (Phi) is 9.72. The third-order valence-corrected chi connectivity index (χ3v) is 16.1. The number of anilines is 2. The van der Waals surface area contributed by atoms with Crippen LogP contribution < -0.4 is 4.90 Å². The van der Waals surface area contributed by atoms with Crippen LogP contribution in [0, 0.1) is 0 Å². The quantitative estimate of drug-likeness (QED) is 0.166. The summed E-state index contributed by atoms with van der Waals surface area (Å²) in [6, 6.07) is 90.3. The van der Waals surface area contributed by atoms with Crippen molar-refractivity contribution >= 4 is 109 Å². The number of allylic oxidation sites excluding steroid dienone is 4. The van der Waals surface area contributed by atoms with E-state index < -0.39 is 0 Å². The lowest BCUT2D eigenvalue weighted by Crippen LogP contribution is -2.11. The molecule has 0 radical (unpaired) electrons. The highest BCUT2D eigenvalue weighted by atomic mass is 15.1. The summed E-state index contributed by atoms with van der Waals surface area (Å²) in [6.45, 7) is 4.62. The van der Waals surface area contributed by atoms with Crippen LogP contribution in [-0.4, -0.2) is 18.7 Å². The first-order valence-electron chi connectivity index (χ1n) is 26.6. The molecule has 4 aromatic heterocycles. The molecule has 0 atom stereocenters. The van der Waals surface area contributed by atoms with E-state index in [0.717, 1.165) is 72.9 Å². The second-order valence-corrected chi connectivity index (χ2v) is 20.5. The lowest BCUT2D eigenvalue weighted by atomic mass is 9.95. The minimum absolute atomic E-state index is 0.861. The van der Waals surface area contributed by atoms with E-state index in [1.54, 1.807) is 0 Å². The molecule has 5 heteroatoms. The molecule has 5 nitrogen and oxygen atoms in total. The predicted octanol–water partition coefficient (Wildman–Crippen LogP) is 19.1. The van der Waals surface area contributed by atoms with Crippen molar-refractivity contribution in [3.05, 3.63) is 291 Å². The van der Waals surface area contributed by atoms with E-state index in [1.807, 2.05) is 6.20 Å². The van der Waals surface area contributed by atoms with Crippen molar-refractivity contribution in [2.75, 3.05) is 4.90 Å². The molecule has 0 aliphatic carbocycles. The van der Waals surface area contributed by atoms with Crippen molar-refractivity contribution in [2.24, 2.45) is 0 Å². The first-order valence-corrected chi connectivity index (χ1v) is 26.6.